The molecule has 0 radical (unpaired) electrons. The fourth-order valence-electron chi connectivity index (χ4n) is 3.74. The highest BCUT2D eigenvalue weighted by molar-refractivity contribution is 9.10. The van der Waals surface area contributed by atoms with Crippen LogP contribution in [0, 0.1) is 0 Å². The van der Waals surface area contributed by atoms with E-state index in [1.54, 1.807) is 67.6 Å². The molecule has 39 heavy (non-hydrogen) atoms. The van der Waals surface area contributed by atoms with Gasteiger partial charge in [-0.15, -0.1) is 0 Å². The molecule has 7 nitrogen and oxygen atoms in total. The van der Waals surface area contributed by atoms with Gasteiger partial charge in [0, 0.05) is 27.1 Å². The maximum atomic E-state index is 13.9. The van der Waals surface area contributed by atoms with E-state index in [2.05, 4.69) is 21.2 Å². The Morgan fingerprint density at radius 2 is 1.62 bits per heavy atom. The minimum atomic E-state index is -4.12. The second-order valence-electron chi connectivity index (χ2n) is 9.05. The molecule has 0 bridgehead atoms. The highest BCUT2D eigenvalue weighted by Gasteiger charge is 2.33. The van der Waals surface area contributed by atoms with Crippen LogP contribution in [0.2, 0.25) is 10.0 Å². The van der Waals surface area contributed by atoms with Gasteiger partial charge in [-0.25, -0.2) is 8.42 Å². The first-order valence-electron chi connectivity index (χ1n) is 12.3. The van der Waals surface area contributed by atoms with Gasteiger partial charge in [-0.1, -0.05) is 70.3 Å². The average molecular weight is 655 g/mol. The summed E-state index contributed by atoms with van der Waals surface area (Å²) in [6.45, 7) is 4.86. The quantitative estimate of drug-likeness (QED) is 0.264. The third kappa shape index (κ3) is 7.97. The molecule has 0 aliphatic carbocycles. The molecule has 3 aromatic rings. The number of nitrogens with one attached hydrogen (secondary N) is 1. The first-order chi connectivity index (χ1) is 18.4. The number of halogens is 3. The molecule has 2 atom stereocenters. The van der Waals surface area contributed by atoms with Gasteiger partial charge in [0.2, 0.25) is 11.8 Å². The molecule has 0 heterocycles. The van der Waals surface area contributed by atoms with Crippen molar-refractivity contribution in [1.29, 1.82) is 0 Å². The van der Waals surface area contributed by atoms with Crippen LogP contribution in [0.1, 0.15) is 32.8 Å². The summed E-state index contributed by atoms with van der Waals surface area (Å²) in [5, 5.41) is 3.66. The summed E-state index contributed by atoms with van der Waals surface area (Å²) in [6.07, 6.45) is 0.710. The number of amides is 2. The summed E-state index contributed by atoms with van der Waals surface area (Å²) in [6, 6.07) is 18.4. The molecular weight excluding hydrogens is 625 g/mol. The number of hydrogen-bond donors (Lipinski definition) is 1. The number of carbonyl (C=O) groups is 2. The Morgan fingerprint density at radius 3 is 2.21 bits per heavy atom. The SMILES string of the molecule is CC[C@H](C)NC(=O)[C@@H](C)N(Cc1ccc(Cl)cc1Cl)C(=O)CN(c1ccc(Br)cc1)S(=O)(=O)c1ccccc1. The van der Waals surface area contributed by atoms with E-state index in [1.807, 2.05) is 13.8 Å². The third-order valence-electron chi connectivity index (χ3n) is 6.25. The zero-order chi connectivity index (χ0) is 28.7. The maximum absolute atomic E-state index is 13.9. The molecule has 3 rings (SSSR count). The third-order valence-corrected chi connectivity index (χ3v) is 9.15. The van der Waals surface area contributed by atoms with Crippen molar-refractivity contribution in [3.8, 4) is 0 Å². The van der Waals surface area contributed by atoms with Crippen LogP contribution < -0.4 is 9.62 Å². The van der Waals surface area contributed by atoms with Crippen LogP contribution in [-0.2, 0) is 26.2 Å². The predicted molar refractivity (Wildman–Crippen MR) is 159 cm³/mol. The monoisotopic (exact) mass is 653 g/mol. The van der Waals surface area contributed by atoms with Crippen LogP contribution in [0.4, 0.5) is 5.69 Å². The summed E-state index contributed by atoms with van der Waals surface area (Å²) >= 11 is 15.8. The first-order valence-corrected chi connectivity index (χ1v) is 15.3. The van der Waals surface area contributed by atoms with E-state index in [4.69, 9.17) is 23.2 Å². The van der Waals surface area contributed by atoms with E-state index >= 15 is 0 Å². The van der Waals surface area contributed by atoms with E-state index in [1.165, 1.54) is 17.0 Å². The lowest BCUT2D eigenvalue weighted by molar-refractivity contribution is -0.139. The fraction of sp³-hybridized carbons (Fsp3) is 0.286. The van der Waals surface area contributed by atoms with Crippen LogP contribution in [0.5, 0.6) is 0 Å². The molecule has 0 spiro atoms. The van der Waals surface area contributed by atoms with Crippen LogP contribution in [0.25, 0.3) is 0 Å². The normalized spacial score (nSPS) is 12.9. The number of sulfonamides is 1. The van der Waals surface area contributed by atoms with E-state index in [9.17, 15) is 18.0 Å². The second kappa shape index (κ2) is 13.7. The van der Waals surface area contributed by atoms with Gasteiger partial charge in [-0.3, -0.25) is 13.9 Å². The Bertz CT molecular complexity index is 1410. The predicted octanol–water partition coefficient (Wildman–Crippen LogP) is 6.28. The molecule has 208 valence electrons. The van der Waals surface area contributed by atoms with Gasteiger partial charge in [0.25, 0.3) is 10.0 Å². The van der Waals surface area contributed by atoms with Crippen molar-refractivity contribution in [2.75, 3.05) is 10.8 Å². The molecule has 0 aromatic heterocycles. The van der Waals surface area contributed by atoms with Crippen molar-refractivity contribution in [2.24, 2.45) is 0 Å². The number of nitrogens with zero attached hydrogens (tertiary/aromatic N) is 2. The van der Waals surface area contributed by atoms with Gasteiger partial charge < -0.3 is 10.2 Å². The second-order valence-corrected chi connectivity index (χ2v) is 12.7. The Balaban J connectivity index is 2.03. The summed E-state index contributed by atoms with van der Waals surface area (Å²) < 4.78 is 29.3. The van der Waals surface area contributed by atoms with Crippen molar-refractivity contribution in [3.05, 3.63) is 92.9 Å². The van der Waals surface area contributed by atoms with E-state index < -0.39 is 28.5 Å². The van der Waals surface area contributed by atoms with Gasteiger partial charge >= 0.3 is 0 Å². The lowest BCUT2D eigenvalue weighted by Crippen LogP contribution is -2.52. The molecular formula is C28H30BrCl2N3O4S. The molecule has 0 unspecified atom stereocenters. The first kappa shape index (κ1) is 30.9. The average Bonchev–Trinajstić information content (AvgIpc) is 2.91. The highest BCUT2D eigenvalue weighted by atomic mass is 79.9. The number of benzene rings is 3. The van der Waals surface area contributed by atoms with Crippen LogP contribution in [0.15, 0.2) is 82.2 Å². The maximum Gasteiger partial charge on any atom is 0.264 e. The number of anilines is 1. The van der Waals surface area contributed by atoms with Crippen molar-refractivity contribution in [1.82, 2.24) is 10.2 Å². The summed E-state index contributed by atoms with van der Waals surface area (Å²) in [5.74, 6) is -0.931. The summed E-state index contributed by atoms with van der Waals surface area (Å²) in [5.41, 5.74) is 0.871. The van der Waals surface area contributed by atoms with Gasteiger partial charge in [0.05, 0.1) is 10.6 Å². The minimum absolute atomic E-state index is 0.0243. The van der Waals surface area contributed by atoms with Crippen molar-refractivity contribution in [3.63, 3.8) is 0 Å². The molecule has 0 aliphatic rings. The number of hydrogen-bond acceptors (Lipinski definition) is 4. The van der Waals surface area contributed by atoms with E-state index in [-0.39, 0.29) is 23.4 Å². The van der Waals surface area contributed by atoms with Gasteiger partial charge in [0.1, 0.15) is 12.6 Å². The summed E-state index contributed by atoms with van der Waals surface area (Å²) in [4.78, 5) is 28.4. The van der Waals surface area contributed by atoms with Crippen LogP contribution >= 0.6 is 39.1 Å². The zero-order valence-corrected chi connectivity index (χ0v) is 25.7. The molecule has 11 heteroatoms. The van der Waals surface area contributed by atoms with Gasteiger partial charge in [-0.05, 0) is 74.4 Å². The number of rotatable bonds is 11. The molecule has 0 saturated carbocycles. The van der Waals surface area contributed by atoms with Gasteiger partial charge in [0.15, 0.2) is 0 Å². The standard InChI is InChI=1S/C28H30BrCl2N3O4S/c1-4-19(2)32-28(36)20(3)33(17-21-10-13-23(30)16-26(21)31)27(35)18-34(24-14-11-22(29)12-15-24)39(37,38)25-8-6-5-7-9-25/h5-16,19-20H,4,17-18H2,1-3H3,(H,32,36)/t19-,20+/m0/s1. The van der Waals surface area contributed by atoms with Crippen molar-refractivity contribution in [2.45, 2.75) is 50.7 Å². The van der Waals surface area contributed by atoms with Gasteiger partial charge in [-0.2, -0.15) is 0 Å². The lowest BCUT2D eigenvalue weighted by Gasteiger charge is -2.32. The molecule has 1 N–H and O–H groups in total. The molecule has 0 aliphatic heterocycles. The number of carbonyl (C=O) groups excluding carboxylic acids is 2. The largest absolute Gasteiger partial charge is 0.352 e. The van der Waals surface area contributed by atoms with E-state index in [0.29, 0.717) is 27.7 Å². The highest BCUT2D eigenvalue weighted by Crippen LogP contribution is 2.27. The molecule has 0 fully saturated rings. The Morgan fingerprint density at radius 1 is 0.974 bits per heavy atom. The Labute approximate surface area is 248 Å². The molecule has 2 amide bonds. The lowest BCUT2D eigenvalue weighted by atomic mass is 10.1. The molecule has 0 saturated heterocycles. The Kier molecular flexibility index (Phi) is 10.8. The van der Waals surface area contributed by atoms with E-state index in [0.717, 1.165) is 8.78 Å². The fourth-order valence-corrected chi connectivity index (χ4v) is 5.91. The molecule has 3 aromatic carbocycles. The van der Waals surface area contributed by atoms with Crippen molar-refractivity contribution >= 4 is 66.7 Å². The topological polar surface area (TPSA) is 86.8 Å². The zero-order valence-electron chi connectivity index (χ0n) is 21.8. The smallest absolute Gasteiger partial charge is 0.264 e. The van der Waals surface area contributed by atoms with Crippen molar-refractivity contribution < 1.29 is 18.0 Å². The van der Waals surface area contributed by atoms with Crippen LogP contribution in [0.3, 0.4) is 0 Å². The Hall–Kier alpha value is -2.59. The van der Waals surface area contributed by atoms with Crippen LogP contribution in [-0.4, -0.2) is 43.8 Å². The minimum Gasteiger partial charge on any atom is -0.352 e. The summed E-state index contributed by atoms with van der Waals surface area (Å²) in [7, 11) is -4.12.